The highest BCUT2D eigenvalue weighted by atomic mass is 16.1. The number of aromatic nitrogens is 1. The molecule has 0 fully saturated rings. The molecule has 3 rings (SSSR count). The van der Waals surface area contributed by atoms with E-state index in [1.54, 1.807) is 4.57 Å². The van der Waals surface area contributed by atoms with Crippen molar-refractivity contribution in [3.05, 3.63) is 81.0 Å². The highest BCUT2D eigenvalue weighted by Crippen LogP contribution is 2.29. The van der Waals surface area contributed by atoms with Crippen LogP contribution in [0, 0.1) is 0 Å². The maximum atomic E-state index is 12.9. The van der Waals surface area contributed by atoms with Gasteiger partial charge in [-0.15, -0.1) is 0 Å². The van der Waals surface area contributed by atoms with Crippen LogP contribution >= 0.6 is 0 Å². The Kier molecular flexibility index (Phi) is 3.64. The lowest BCUT2D eigenvalue weighted by Gasteiger charge is -2.15. The second-order valence-corrected chi connectivity index (χ2v) is 4.86. The van der Waals surface area contributed by atoms with Crippen molar-refractivity contribution in [3.8, 4) is 5.69 Å². The fourth-order valence-electron chi connectivity index (χ4n) is 2.69. The summed E-state index contributed by atoms with van der Waals surface area (Å²) in [6, 6.07) is 16.9. The van der Waals surface area contributed by atoms with Crippen molar-refractivity contribution in [2.24, 2.45) is 5.11 Å². The second-order valence-electron chi connectivity index (χ2n) is 4.86. The number of fused-ring (bicyclic) bond motifs is 1. The number of hydrogen-bond donors (Lipinski definition) is 0. The van der Waals surface area contributed by atoms with Gasteiger partial charge in [0.2, 0.25) is 0 Å². The van der Waals surface area contributed by atoms with E-state index in [1.807, 2.05) is 61.5 Å². The Labute approximate surface area is 127 Å². The molecule has 1 heterocycles. The first-order chi connectivity index (χ1) is 10.8. The number of benzene rings is 2. The maximum Gasteiger partial charge on any atom is 0.259 e. The number of nitrogens with zero attached hydrogens (tertiary/aromatic N) is 4. The lowest BCUT2D eigenvalue weighted by molar-refractivity contribution is 0.977. The highest BCUT2D eigenvalue weighted by molar-refractivity contribution is 5.92. The number of pyridine rings is 1. The van der Waals surface area contributed by atoms with Gasteiger partial charge in [0.05, 0.1) is 11.2 Å². The Morgan fingerprint density at radius 1 is 1.09 bits per heavy atom. The summed E-state index contributed by atoms with van der Waals surface area (Å²) in [6.45, 7) is 1.89. The molecule has 1 aromatic heterocycles. The molecule has 2 aromatic carbocycles. The third-order valence-electron chi connectivity index (χ3n) is 3.66. The first-order valence-electron chi connectivity index (χ1n) is 7.05. The summed E-state index contributed by atoms with van der Waals surface area (Å²) in [6.07, 6.45) is 0.505. The molecule has 0 atom stereocenters. The summed E-state index contributed by atoms with van der Waals surface area (Å²) in [5, 5.41) is 4.55. The zero-order valence-corrected chi connectivity index (χ0v) is 12.1. The Morgan fingerprint density at radius 2 is 1.77 bits per heavy atom. The number of rotatable bonds is 3. The topological polar surface area (TPSA) is 70.8 Å². The SMILES string of the molecule is CCc1c(N=[N+]=[N-])c2ccccc2n(-c2ccccc2)c1=O. The summed E-state index contributed by atoms with van der Waals surface area (Å²) >= 11 is 0. The third kappa shape index (κ3) is 2.14. The van der Waals surface area contributed by atoms with Gasteiger partial charge in [-0.05, 0) is 30.2 Å². The number of para-hydroxylation sites is 2. The van der Waals surface area contributed by atoms with Gasteiger partial charge in [-0.1, -0.05) is 48.4 Å². The monoisotopic (exact) mass is 290 g/mol. The van der Waals surface area contributed by atoms with Crippen LogP contribution in [0.2, 0.25) is 0 Å². The lowest BCUT2D eigenvalue weighted by Crippen LogP contribution is -2.22. The molecular weight excluding hydrogens is 276 g/mol. The van der Waals surface area contributed by atoms with Crippen molar-refractivity contribution in [1.82, 2.24) is 4.57 Å². The fraction of sp³-hybridized carbons (Fsp3) is 0.118. The van der Waals surface area contributed by atoms with Crippen molar-refractivity contribution in [3.63, 3.8) is 0 Å². The molecule has 0 amide bonds. The van der Waals surface area contributed by atoms with Crippen molar-refractivity contribution in [2.75, 3.05) is 0 Å². The van der Waals surface area contributed by atoms with Crippen LogP contribution in [0.4, 0.5) is 5.69 Å². The quantitative estimate of drug-likeness (QED) is 0.398. The van der Waals surface area contributed by atoms with Gasteiger partial charge in [-0.2, -0.15) is 0 Å². The van der Waals surface area contributed by atoms with Gasteiger partial charge in [-0.25, -0.2) is 0 Å². The molecule has 0 radical (unpaired) electrons. The zero-order valence-electron chi connectivity index (χ0n) is 12.1. The fourth-order valence-corrected chi connectivity index (χ4v) is 2.69. The van der Waals surface area contributed by atoms with Crippen molar-refractivity contribution < 1.29 is 0 Å². The molecule has 22 heavy (non-hydrogen) atoms. The zero-order chi connectivity index (χ0) is 15.5. The van der Waals surface area contributed by atoms with Gasteiger partial charge in [0.15, 0.2) is 0 Å². The smallest absolute Gasteiger partial charge is 0.259 e. The van der Waals surface area contributed by atoms with Gasteiger partial charge < -0.3 is 0 Å². The average molecular weight is 290 g/mol. The molecule has 108 valence electrons. The molecule has 0 spiro atoms. The Balaban J connectivity index is 2.54. The van der Waals surface area contributed by atoms with Crippen LogP contribution in [0.3, 0.4) is 0 Å². The van der Waals surface area contributed by atoms with Gasteiger partial charge in [0.25, 0.3) is 5.56 Å². The Bertz CT molecular complexity index is 938. The normalized spacial score (nSPS) is 10.4. The Morgan fingerprint density at radius 3 is 2.45 bits per heavy atom. The molecule has 0 N–H and O–H groups in total. The van der Waals surface area contributed by atoms with E-state index >= 15 is 0 Å². The molecule has 0 saturated carbocycles. The van der Waals surface area contributed by atoms with E-state index in [0.717, 1.165) is 16.6 Å². The van der Waals surface area contributed by atoms with Gasteiger partial charge in [-0.3, -0.25) is 9.36 Å². The van der Waals surface area contributed by atoms with Gasteiger partial charge in [0, 0.05) is 21.5 Å². The van der Waals surface area contributed by atoms with E-state index in [4.69, 9.17) is 5.53 Å². The molecule has 0 bridgehead atoms. The molecule has 0 unspecified atom stereocenters. The molecule has 0 saturated heterocycles. The lowest BCUT2D eigenvalue weighted by atomic mass is 10.1. The van der Waals surface area contributed by atoms with E-state index in [-0.39, 0.29) is 5.56 Å². The van der Waals surface area contributed by atoms with Crippen LogP contribution in [-0.4, -0.2) is 4.57 Å². The number of azide groups is 1. The van der Waals surface area contributed by atoms with Gasteiger partial charge >= 0.3 is 0 Å². The van der Waals surface area contributed by atoms with Crippen molar-refractivity contribution in [2.45, 2.75) is 13.3 Å². The molecule has 5 heteroatoms. The van der Waals surface area contributed by atoms with E-state index in [2.05, 4.69) is 10.0 Å². The first-order valence-corrected chi connectivity index (χ1v) is 7.05. The summed E-state index contributed by atoms with van der Waals surface area (Å²) in [5.41, 5.74) is 11.2. The molecule has 0 aliphatic heterocycles. The van der Waals surface area contributed by atoms with Crippen LogP contribution in [0.5, 0.6) is 0 Å². The first kappa shape index (κ1) is 13.9. The van der Waals surface area contributed by atoms with Crippen molar-refractivity contribution >= 4 is 16.6 Å². The molecule has 3 aromatic rings. The van der Waals surface area contributed by atoms with Crippen LogP contribution in [-0.2, 0) is 6.42 Å². The molecule has 0 aliphatic carbocycles. The summed E-state index contributed by atoms with van der Waals surface area (Å²) in [5.74, 6) is 0. The minimum absolute atomic E-state index is 0.144. The summed E-state index contributed by atoms with van der Waals surface area (Å²) in [4.78, 5) is 15.8. The van der Waals surface area contributed by atoms with Crippen LogP contribution in [0.15, 0.2) is 64.5 Å². The van der Waals surface area contributed by atoms with Crippen LogP contribution < -0.4 is 5.56 Å². The molecular formula is C17H14N4O. The predicted molar refractivity (Wildman–Crippen MR) is 87.7 cm³/mol. The Hall–Kier alpha value is -3.04. The minimum atomic E-state index is -0.144. The van der Waals surface area contributed by atoms with E-state index in [9.17, 15) is 4.79 Å². The standard InChI is InChI=1S/C17H14N4O/c1-2-13-16(19-20-18)14-10-6-7-11-15(14)21(17(13)22)12-8-4-3-5-9-12/h3-11H,2H2,1H3. The summed E-state index contributed by atoms with van der Waals surface area (Å²) < 4.78 is 1.67. The van der Waals surface area contributed by atoms with Gasteiger partial charge in [0.1, 0.15) is 0 Å². The summed E-state index contributed by atoms with van der Waals surface area (Å²) in [7, 11) is 0. The van der Waals surface area contributed by atoms with E-state index in [0.29, 0.717) is 17.7 Å². The number of hydrogen-bond acceptors (Lipinski definition) is 2. The highest BCUT2D eigenvalue weighted by Gasteiger charge is 2.15. The van der Waals surface area contributed by atoms with Crippen LogP contribution in [0.25, 0.3) is 27.0 Å². The van der Waals surface area contributed by atoms with Crippen LogP contribution in [0.1, 0.15) is 12.5 Å². The third-order valence-corrected chi connectivity index (χ3v) is 3.66. The average Bonchev–Trinajstić information content (AvgIpc) is 2.56. The largest absolute Gasteiger partial charge is 0.277 e. The molecule has 0 aliphatic rings. The maximum absolute atomic E-state index is 12.9. The van der Waals surface area contributed by atoms with Crippen molar-refractivity contribution in [1.29, 1.82) is 0 Å². The minimum Gasteiger partial charge on any atom is -0.277 e. The molecule has 5 nitrogen and oxygen atoms in total. The van der Waals surface area contributed by atoms with E-state index < -0.39 is 0 Å². The second kappa shape index (κ2) is 5.76. The predicted octanol–water partition coefficient (Wildman–Crippen LogP) is 4.49. The van der Waals surface area contributed by atoms with E-state index in [1.165, 1.54) is 0 Å².